The Morgan fingerprint density at radius 3 is 2.00 bits per heavy atom. The van der Waals surface area contributed by atoms with Gasteiger partial charge in [0.15, 0.2) is 0 Å². The van der Waals surface area contributed by atoms with E-state index in [1.54, 1.807) is 0 Å². The van der Waals surface area contributed by atoms with Gasteiger partial charge in [-0.15, -0.1) is 0 Å². The molecular formula is C11H25NO. The molecule has 1 aliphatic rings. The van der Waals surface area contributed by atoms with Crippen LogP contribution in [0.4, 0.5) is 0 Å². The summed E-state index contributed by atoms with van der Waals surface area (Å²) in [5.41, 5.74) is 0.0326. The SMILES string of the molecule is CC.CC(C)(C)OCCN1CCC1. The van der Waals surface area contributed by atoms with Gasteiger partial charge in [0.2, 0.25) is 0 Å². The van der Waals surface area contributed by atoms with Crippen LogP contribution in [0.15, 0.2) is 0 Å². The van der Waals surface area contributed by atoms with Gasteiger partial charge in [-0.2, -0.15) is 0 Å². The predicted octanol–water partition coefficient (Wildman–Crippen LogP) is 2.53. The lowest BCUT2D eigenvalue weighted by molar-refractivity contribution is -0.0194. The third kappa shape index (κ3) is 7.03. The number of nitrogens with zero attached hydrogens (tertiary/aromatic N) is 1. The molecule has 2 heteroatoms. The van der Waals surface area contributed by atoms with Crippen LogP contribution in [0.1, 0.15) is 41.0 Å². The van der Waals surface area contributed by atoms with Gasteiger partial charge in [0.1, 0.15) is 0 Å². The van der Waals surface area contributed by atoms with E-state index in [0.29, 0.717) is 0 Å². The normalized spacial score (nSPS) is 17.3. The molecule has 1 fully saturated rings. The average Bonchev–Trinajstić information content (AvgIpc) is 1.97. The molecule has 1 saturated heterocycles. The topological polar surface area (TPSA) is 12.5 Å². The Balaban J connectivity index is 0.000000671. The van der Waals surface area contributed by atoms with Crippen molar-refractivity contribution in [3.63, 3.8) is 0 Å². The summed E-state index contributed by atoms with van der Waals surface area (Å²) in [6, 6.07) is 0. The number of hydrogen-bond acceptors (Lipinski definition) is 2. The van der Waals surface area contributed by atoms with E-state index in [9.17, 15) is 0 Å². The van der Waals surface area contributed by atoms with Crippen molar-refractivity contribution in [2.45, 2.75) is 46.6 Å². The van der Waals surface area contributed by atoms with Crippen LogP contribution >= 0.6 is 0 Å². The summed E-state index contributed by atoms with van der Waals surface area (Å²) in [5.74, 6) is 0. The second-order valence-corrected chi connectivity index (χ2v) is 4.16. The van der Waals surface area contributed by atoms with Crippen molar-refractivity contribution in [3.8, 4) is 0 Å². The zero-order valence-electron chi connectivity index (χ0n) is 9.89. The first-order valence-corrected chi connectivity index (χ1v) is 5.44. The monoisotopic (exact) mass is 187 g/mol. The molecule has 0 spiro atoms. The van der Waals surface area contributed by atoms with Crippen molar-refractivity contribution in [1.29, 1.82) is 0 Å². The fourth-order valence-corrected chi connectivity index (χ4v) is 1.09. The van der Waals surface area contributed by atoms with Gasteiger partial charge >= 0.3 is 0 Å². The third-order valence-corrected chi connectivity index (χ3v) is 1.89. The van der Waals surface area contributed by atoms with Gasteiger partial charge in [-0.3, -0.25) is 0 Å². The maximum atomic E-state index is 5.59. The standard InChI is InChI=1S/C9H19NO.C2H6/c1-9(2,3)11-8-7-10-5-4-6-10;1-2/h4-8H2,1-3H3;1-2H3. The Morgan fingerprint density at radius 1 is 1.15 bits per heavy atom. The minimum Gasteiger partial charge on any atom is -0.375 e. The van der Waals surface area contributed by atoms with Crippen molar-refractivity contribution < 1.29 is 4.74 Å². The third-order valence-electron chi connectivity index (χ3n) is 1.89. The summed E-state index contributed by atoms with van der Waals surface area (Å²) in [6.07, 6.45) is 1.37. The Morgan fingerprint density at radius 2 is 1.69 bits per heavy atom. The van der Waals surface area contributed by atoms with Crippen LogP contribution in [0.3, 0.4) is 0 Å². The summed E-state index contributed by atoms with van der Waals surface area (Å²) in [6.45, 7) is 14.8. The van der Waals surface area contributed by atoms with Gasteiger partial charge in [0, 0.05) is 6.54 Å². The molecule has 0 unspecified atom stereocenters. The van der Waals surface area contributed by atoms with Crippen LogP contribution in [-0.4, -0.2) is 36.7 Å². The van der Waals surface area contributed by atoms with Gasteiger partial charge in [0.05, 0.1) is 12.2 Å². The van der Waals surface area contributed by atoms with Crippen LogP contribution in [-0.2, 0) is 4.74 Å². The summed E-state index contributed by atoms with van der Waals surface area (Å²) in [5, 5.41) is 0. The molecule has 0 saturated carbocycles. The van der Waals surface area contributed by atoms with Gasteiger partial charge in [-0.1, -0.05) is 13.8 Å². The minimum absolute atomic E-state index is 0.0326. The number of hydrogen-bond donors (Lipinski definition) is 0. The summed E-state index contributed by atoms with van der Waals surface area (Å²) in [4.78, 5) is 2.42. The molecule has 0 aliphatic carbocycles. The van der Waals surface area contributed by atoms with Crippen molar-refractivity contribution in [3.05, 3.63) is 0 Å². The lowest BCUT2D eigenvalue weighted by Crippen LogP contribution is -2.40. The largest absolute Gasteiger partial charge is 0.375 e. The molecule has 0 aromatic rings. The molecule has 0 aromatic carbocycles. The highest BCUT2D eigenvalue weighted by molar-refractivity contribution is 4.68. The highest BCUT2D eigenvalue weighted by atomic mass is 16.5. The summed E-state index contributed by atoms with van der Waals surface area (Å²) >= 11 is 0. The number of likely N-dealkylation sites (tertiary alicyclic amines) is 1. The van der Waals surface area contributed by atoms with E-state index in [2.05, 4.69) is 25.7 Å². The zero-order chi connectivity index (χ0) is 10.3. The van der Waals surface area contributed by atoms with Gasteiger partial charge in [-0.05, 0) is 40.3 Å². The molecular weight excluding hydrogens is 162 g/mol. The fraction of sp³-hybridized carbons (Fsp3) is 1.00. The number of rotatable bonds is 3. The molecule has 80 valence electrons. The van der Waals surface area contributed by atoms with E-state index < -0.39 is 0 Å². The lowest BCUT2D eigenvalue weighted by atomic mass is 10.2. The first-order valence-electron chi connectivity index (χ1n) is 5.44. The molecule has 0 atom stereocenters. The Bertz CT molecular complexity index is 114. The van der Waals surface area contributed by atoms with Crippen LogP contribution in [0.25, 0.3) is 0 Å². The molecule has 1 heterocycles. The Kier molecular flexibility index (Phi) is 6.35. The lowest BCUT2D eigenvalue weighted by Gasteiger charge is -2.31. The van der Waals surface area contributed by atoms with E-state index in [1.807, 2.05) is 13.8 Å². The summed E-state index contributed by atoms with van der Waals surface area (Å²) < 4.78 is 5.59. The first-order chi connectivity index (χ1) is 6.08. The molecule has 0 N–H and O–H groups in total. The molecule has 0 radical (unpaired) electrons. The van der Waals surface area contributed by atoms with Gasteiger partial charge in [-0.25, -0.2) is 0 Å². The van der Waals surface area contributed by atoms with Crippen LogP contribution in [0.2, 0.25) is 0 Å². The van der Waals surface area contributed by atoms with Gasteiger partial charge < -0.3 is 9.64 Å². The van der Waals surface area contributed by atoms with E-state index in [-0.39, 0.29) is 5.60 Å². The van der Waals surface area contributed by atoms with Crippen molar-refractivity contribution in [1.82, 2.24) is 4.90 Å². The maximum absolute atomic E-state index is 5.59. The van der Waals surface area contributed by atoms with Crippen LogP contribution in [0, 0.1) is 0 Å². The second kappa shape index (κ2) is 6.39. The highest BCUT2D eigenvalue weighted by Crippen LogP contribution is 2.08. The first kappa shape index (κ1) is 12.9. The molecule has 0 bridgehead atoms. The summed E-state index contributed by atoms with van der Waals surface area (Å²) in [7, 11) is 0. The van der Waals surface area contributed by atoms with E-state index in [1.165, 1.54) is 19.5 Å². The van der Waals surface area contributed by atoms with Crippen molar-refractivity contribution >= 4 is 0 Å². The maximum Gasteiger partial charge on any atom is 0.0600 e. The van der Waals surface area contributed by atoms with E-state index >= 15 is 0 Å². The van der Waals surface area contributed by atoms with E-state index in [0.717, 1.165) is 13.2 Å². The molecule has 0 amide bonds. The quantitative estimate of drug-likeness (QED) is 0.673. The van der Waals surface area contributed by atoms with Crippen LogP contribution in [0.5, 0.6) is 0 Å². The molecule has 2 nitrogen and oxygen atoms in total. The number of ether oxygens (including phenoxy) is 1. The Labute approximate surface area is 83.3 Å². The van der Waals surface area contributed by atoms with Crippen molar-refractivity contribution in [2.75, 3.05) is 26.2 Å². The average molecular weight is 187 g/mol. The van der Waals surface area contributed by atoms with Gasteiger partial charge in [0.25, 0.3) is 0 Å². The smallest absolute Gasteiger partial charge is 0.0600 e. The Hall–Kier alpha value is -0.0800. The molecule has 1 aliphatic heterocycles. The fourth-order valence-electron chi connectivity index (χ4n) is 1.09. The van der Waals surface area contributed by atoms with E-state index in [4.69, 9.17) is 4.74 Å². The molecule has 1 rings (SSSR count). The zero-order valence-corrected chi connectivity index (χ0v) is 9.89. The molecule has 13 heavy (non-hydrogen) atoms. The highest BCUT2D eigenvalue weighted by Gasteiger charge is 2.15. The minimum atomic E-state index is 0.0326. The van der Waals surface area contributed by atoms with Crippen LogP contribution < -0.4 is 0 Å². The molecule has 0 aromatic heterocycles. The predicted molar refractivity (Wildman–Crippen MR) is 58.1 cm³/mol. The van der Waals surface area contributed by atoms with Crippen molar-refractivity contribution in [2.24, 2.45) is 0 Å². The second-order valence-electron chi connectivity index (χ2n) is 4.16.